The number of likely N-dealkylation sites (N-methyl/N-ethyl adjacent to an activating group) is 2. The summed E-state index contributed by atoms with van der Waals surface area (Å²) in [4.78, 5) is 27.5. The van der Waals surface area contributed by atoms with Gasteiger partial charge in [0.25, 0.3) is 0 Å². The van der Waals surface area contributed by atoms with Crippen LogP contribution in [-0.4, -0.2) is 25.2 Å². The van der Waals surface area contributed by atoms with Crippen LogP contribution in [-0.2, 0) is 0 Å². The molecule has 0 amide bonds. The SMILES string of the molecule is CCNC1=C(N(C)c2ccccc2)C(=O)c2ccccc2C1=O. The molecule has 3 rings (SSSR count). The molecule has 0 spiro atoms. The number of carbonyl (C=O) groups is 2. The van der Waals surface area contributed by atoms with Crippen molar-refractivity contribution < 1.29 is 9.59 Å². The number of nitrogens with zero attached hydrogens (tertiary/aromatic N) is 1. The van der Waals surface area contributed by atoms with Crippen molar-refractivity contribution in [1.29, 1.82) is 0 Å². The number of hydrogen-bond acceptors (Lipinski definition) is 4. The van der Waals surface area contributed by atoms with Crippen LogP contribution in [0, 0.1) is 0 Å². The second-order valence-corrected chi connectivity index (χ2v) is 5.35. The Kier molecular flexibility index (Phi) is 3.98. The molecule has 23 heavy (non-hydrogen) atoms. The van der Waals surface area contributed by atoms with Crippen LogP contribution in [0.5, 0.6) is 0 Å². The highest BCUT2D eigenvalue weighted by Crippen LogP contribution is 2.29. The largest absolute Gasteiger partial charge is 0.380 e. The zero-order valence-electron chi connectivity index (χ0n) is 13.2. The van der Waals surface area contributed by atoms with Crippen molar-refractivity contribution in [1.82, 2.24) is 5.32 Å². The lowest BCUT2D eigenvalue weighted by atomic mass is 9.89. The summed E-state index contributed by atoms with van der Waals surface area (Å²) in [6.45, 7) is 2.48. The van der Waals surface area contributed by atoms with Crippen molar-refractivity contribution >= 4 is 17.3 Å². The second kappa shape index (κ2) is 6.08. The highest BCUT2D eigenvalue weighted by Gasteiger charge is 2.34. The summed E-state index contributed by atoms with van der Waals surface area (Å²) >= 11 is 0. The van der Waals surface area contributed by atoms with Crippen LogP contribution in [0.25, 0.3) is 0 Å². The highest BCUT2D eigenvalue weighted by atomic mass is 16.1. The standard InChI is InChI=1S/C19H18N2O2/c1-3-20-16-17(21(2)13-9-5-4-6-10-13)19(23)15-12-8-7-11-14(15)18(16)22/h4-12,20H,3H2,1-2H3. The minimum Gasteiger partial charge on any atom is -0.380 e. The molecular formula is C19H18N2O2. The number of carbonyl (C=O) groups excluding carboxylic acids is 2. The van der Waals surface area contributed by atoms with Gasteiger partial charge in [0.15, 0.2) is 0 Å². The van der Waals surface area contributed by atoms with Gasteiger partial charge >= 0.3 is 0 Å². The summed E-state index contributed by atoms with van der Waals surface area (Å²) < 4.78 is 0. The van der Waals surface area contributed by atoms with Gasteiger partial charge in [-0.1, -0.05) is 42.5 Å². The average Bonchev–Trinajstić information content (AvgIpc) is 2.60. The first-order chi connectivity index (χ1) is 11.1. The van der Waals surface area contributed by atoms with Crippen molar-refractivity contribution in [3.63, 3.8) is 0 Å². The second-order valence-electron chi connectivity index (χ2n) is 5.35. The minimum absolute atomic E-state index is 0.137. The van der Waals surface area contributed by atoms with Crippen LogP contribution in [0.3, 0.4) is 0 Å². The van der Waals surface area contributed by atoms with E-state index in [2.05, 4.69) is 5.32 Å². The van der Waals surface area contributed by atoms with E-state index in [0.29, 0.717) is 29.1 Å². The van der Waals surface area contributed by atoms with Crippen molar-refractivity contribution in [2.75, 3.05) is 18.5 Å². The van der Waals surface area contributed by atoms with Crippen LogP contribution in [0.2, 0.25) is 0 Å². The fraction of sp³-hybridized carbons (Fsp3) is 0.158. The molecule has 0 saturated carbocycles. The third-order valence-corrected chi connectivity index (χ3v) is 3.93. The first kappa shape index (κ1) is 15.0. The van der Waals surface area contributed by atoms with E-state index in [1.165, 1.54) is 0 Å². The Labute approximate surface area is 135 Å². The fourth-order valence-corrected chi connectivity index (χ4v) is 2.80. The number of anilines is 1. The van der Waals surface area contributed by atoms with Gasteiger partial charge in [-0.2, -0.15) is 0 Å². The topological polar surface area (TPSA) is 49.4 Å². The number of para-hydroxylation sites is 1. The first-order valence-corrected chi connectivity index (χ1v) is 7.60. The van der Waals surface area contributed by atoms with Gasteiger partial charge < -0.3 is 10.2 Å². The number of nitrogens with one attached hydrogen (secondary N) is 1. The van der Waals surface area contributed by atoms with E-state index in [9.17, 15) is 9.59 Å². The predicted octanol–water partition coefficient (Wildman–Crippen LogP) is 3.02. The molecule has 0 unspecified atom stereocenters. The number of rotatable bonds is 4. The highest BCUT2D eigenvalue weighted by molar-refractivity contribution is 6.27. The number of benzene rings is 2. The van der Waals surface area contributed by atoms with Crippen molar-refractivity contribution in [2.45, 2.75) is 6.92 Å². The molecule has 0 heterocycles. The van der Waals surface area contributed by atoms with Gasteiger partial charge in [-0.05, 0) is 19.1 Å². The van der Waals surface area contributed by atoms with E-state index in [1.54, 1.807) is 36.2 Å². The van der Waals surface area contributed by atoms with Gasteiger partial charge in [-0.15, -0.1) is 0 Å². The van der Waals surface area contributed by atoms with Gasteiger partial charge in [-0.3, -0.25) is 9.59 Å². The van der Waals surface area contributed by atoms with Crippen LogP contribution < -0.4 is 10.2 Å². The van der Waals surface area contributed by atoms with E-state index in [1.807, 2.05) is 37.3 Å². The lowest BCUT2D eigenvalue weighted by Crippen LogP contribution is -2.37. The number of ketones is 2. The molecule has 0 atom stereocenters. The molecule has 0 fully saturated rings. The summed E-state index contributed by atoms with van der Waals surface area (Å²) in [5.74, 6) is -0.276. The molecule has 1 N–H and O–H groups in total. The number of fused-ring (bicyclic) bond motifs is 1. The molecule has 1 aliphatic carbocycles. The normalized spacial score (nSPS) is 13.8. The molecule has 0 saturated heterocycles. The van der Waals surface area contributed by atoms with E-state index in [-0.39, 0.29) is 11.6 Å². The van der Waals surface area contributed by atoms with E-state index in [4.69, 9.17) is 0 Å². The quantitative estimate of drug-likeness (QED) is 0.943. The monoisotopic (exact) mass is 306 g/mol. The maximum absolute atomic E-state index is 13.0. The Morgan fingerprint density at radius 3 is 2.04 bits per heavy atom. The molecule has 0 radical (unpaired) electrons. The third-order valence-electron chi connectivity index (χ3n) is 3.93. The summed E-state index contributed by atoms with van der Waals surface area (Å²) in [5, 5.41) is 3.07. The van der Waals surface area contributed by atoms with Gasteiger partial charge in [0.05, 0.1) is 0 Å². The maximum Gasteiger partial charge on any atom is 0.212 e. The molecule has 116 valence electrons. The Morgan fingerprint density at radius 1 is 0.870 bits per heavy atom. The maximum atomic E-state index is 13.0. The first-order valence-electron chi connectivity index (χ1n) is 7.60. The van der Waals surface area contributed by atoms with E-state index in [0.717, 1.165) is 5.69 Å². The third kappa shape index (κ3) is 2.52. The average molecular weight is 306 g/mol. The van der Waals surface area contributed by atoms with Gasteiger partial charge in [0, 0.05) is 30.4 Å². The summed E-state index contributed by atoms with van der Waals surface area (Å²) in [5.41, 5.74) is 2.53. The molecule has 1 aliphatic rings. The summed E-state index contributed by atoms with van der Waals surface area (Å²) in [6.07, 6.45) is 0. The lowest BCUT2D eigenvalue weighted by Gasteiger charge is -2.28. The molecule has 0 aromatic heterocycles. The minimum atomic E-state index is -0.139. The number of hydrogen-bond donors (Lipinski definition) is 1. The molecule has 4 nitrogen and oxygen atoms in total. The molecule has 4 heteroatoms. The Bertz CT molecular complexity index is 794. The smallest absolute Gasteiger partial charge is 0.212 e. The van der Waals surface area contributed by atoms with Crippen molar-refractivity contribution in [3.05, 3.63) is 77.1 Å². The van der Waals surface area contributed by atoms with E-state index >= 15 is 0 Å². The Hall–Kier alpha value is -2.88. The lowest BCUT2D eigenvalue weighted by molar-refractivity contribution is 0.0967. The summed E-state index contributed by atoms with van der Waals surface area (Å²) in [6, 6.07) is 16.5. The van der Waals surface area contributed by atoms with Crippen LogP contribution in [0.1, 0.15) is 27.6 Å². The molecule has 2 aromatic rings. The molecule has 0 aliphatic heterocycles. The van der Waals surface area contributed by atoms with Crippen LogP contribution in [0.4, 0.5) is 5.69 Å². The van der Waals surface area contributed by atoms with Crippen molar-refractivity contribution in [2.24, 2.45) is 0 Å². The Morgan fingerprint density at radius 2 is 1.43 bits per heavy atom. The number of Topliss-reactive ketones (excluding diaryl/α,β-unsaturated/α-hetero) is 2. The summed E-state index contributed by atoms with van der Waals surface area (Å²) in [7, 11) is 1.81. The van der Waals surface area contributed by atoms with Crippen LogP contribution >= 0.6 is 0 Å². The van der Waals surface area contributed by atoms with Gasteiger partial charge in [0.1, 0.15) is 11.4 Å². The Balaban J connectivity index is 2.16. The fourth-order valence-electron chi connectivity index (χ4n) is 2.80. The molecule has 0 bridgehead atoms. The van der Waals surface area contributed by atoms with Gasteiger partial charge in [-0.25, -0.2) is 0 Å². The number of allylic oxidation sites excluding steroid dienone is 2. The zero-order chi connectivity index (χ0) is 16.4. The van der Waals surface area contributed by atoms with Crippen LogP contribution in [0.15, 0.2) is 66.0 Å². The van der Waals surface area contributed by atoms with Gasteiger partial charge in [0.2, 0.25) is 11.6 Å². The molecular weight excluding hydrogens is 288 g/mol. The molecule has 2 aromatic carbocycles. The zero-order valence-corrected chi connectivity index (χ0v) is 13.2. The van der Waals surface area contributed by atoms with Crippen molar-refractivity contribution in [3.8, 4) is 0 Å². The van der Waals surface area contributed by atoms with E-state index < -0.39 is 0 Å². The predicted molar refractivity (Wildman–Crippen MR) is 90.7 cm³/mol.